The summed E-state index contributed by atoms with van der Waals surface area (Å²) in [5.41, 5.74) is 3.15. The van der Waals surface area contributed by atoms with E-state index in [0.717, 1.165) is 29.7 Å². The minimum atomic E-state index is -0.667. The summed E-state index contributed by atoms with van der Waals surface area (Å²) in [5.74, 6) is 0.566. The Morgan fingerprint density at radius 2 is 1.53 bits per heavy atom. The van der Waals surface area contributed by atoms with E-state index in [2.05, 4.69) is 24.5 Å². The zero-order valence-corrected chi connectivity index (χ0v) is 20.2. The van der Waals surface area contributed by atoms with E-state index in [1.54, 1.807) is 24.3 Å². The molecule has 0 heterocycles. The minimum absolute atomic E-state index is 0.220. The Hall–Kier alpha value is -3.60. The van der Waals surface area contributed by atoms with Gasteiger partial charge >= 0.3 is 0 Å². The molecule has 0 aliphatic heterocycles. The molecule has 0 aliphatic carbocycles. The first kappa shape index (κ1) is 25.0. The Bertz CT molecular complexity index is 1080. The third kappa shape index (κ3) is 6.70. The van der Waals surface area contributed by atoms with Crippen molar-refractivity contribution in [3.8, 4) is 5.75 Å². The van der Waals surface area contributed by atoms with Gasteiger partial charge in [-0.15, -0.1) is 0 Å². The first-order chi connectivity index (χ1) is 16.5. The molecule has 2 N–H and O–H groups in total. The van der Waals surface area contributed by atoms with E-state index in [1.807, 2.05) is 61.5 Å². The third-order valence-electron chi connectivity index (χ3n) is 5.97. The molecule has 0 saturated carbocycles. The molecule has 5 nitrogen and oxygen atoms in total. The number of nitrogens with one attached hydrogen (secondary N) is 2. The Balaban J connectivity index is 1.66. The SMILES string of the molecule is CCC(Oc1ccccc1C(C)CC)C(=O)Nc1ccccc1C(=O)NCCc1ccccc1. The Morgan fingerprint density at radius 3 is 2.26 bits per heavy atom. The van der Waals surface area contributed by atoms with Crippen molar-refractivity contribution in [2.45, 2.75) is 52.1 Å². The lowest BCUT2D eigenvalue weighted by Gasteiger charge is -2.22. The standard InChI is InChI=1S/C29H34N2O3/c1-4-21(3)23-15-10-12-18-27(23)34-26(5-2)29(33)31-25-17-11-9-16-24(25)28(32)30-20-19-22-13-7-6-8-14-22/h6-18,21,26H,4-5,19-20H2,1-3H3,(H,30,32)(H,31,33). The summed E-state index contributed by atoms with van der Waals surface area (Å²) >= 11 is 0. The second kappa shape index (κ2) is 12.6. The van der Waals surface area contributed by atoms with Crippen molar-refractivity contribution in [1.82, 2.24) is 5.32 Å². The molecule has 5 heteroatoms. The average molecular weight is 459 g/mol. The van der Waals surface area contributed by atoms with Crippen LogP contribution in [0.2, 0.25) is 0 Å². The molecule has 3 aromatic carbocycles. The molecule has 0 bridgehead atoms. The van der Waals surface area contributed by atoms with Crippen molar-refractivity contribution >= 4 is 17.5 Å². The highest BCUT2D eigenvalue weighted by Crippen LogP contribution is 2.29. The second-order valence-electron chi connectivity index (χ2n) is 8.39. The maximum atomic E-state index is 13.1. The molecule has 0 spiro atoms. The number of hydrogen-bond donors (Lipinski definition) is 2. The molecule has 0 fully saturated rings. The topological polar surface area (TPSA) is 67.4 Å². The van der Waals surface area contributed by atoms with Gasteiger partial charge in [-0.25, -0.2) is 0 Å². The Kier molecular flexibility index (Phi) is 9.27. The highest BCUT2D eigenvalue weighted by molar-refractivity contribution is 6.04. The fourth-order valence-electron chi connectivity index (χ4n) is 3.75. The number of rotatable bonds is 11. The molecular weight excluding hydrogens is 424 g/mol. The number of benzene rings is 3. The summed E-state index contributed by atoms with van der Waals surface area (Å²) in [6, 6.07) is 24.9. The van der Waals surface area contributed by atoms with Gasteiger partial charge in [-0.1, -0.05) is 81.4 Å². The Labute approximate surface area is 202 Å². The molecule has 3 aromatic rings. The fraction of sp³-hybridized carbons (Fsp3) is 0.310. The summed E-state index contributed by atoms with van der Waals surface area (Å²) in [4.78, 5) is 25.9. The maximum Gasteiger partial charge on any atom is 0.265 e. The van der Waals surface area contributed by atoms with Crippen molar-refractivity contribution < 1.29 is 14.3 Å². The van der Waals surface area contributed by atoms with Gasteiger partial charge in [-0.2, -0.15) is 0 Å². The lowest BCUT2D eigenvalue weighted by molar-refractivity contribution is -0.122. The summed E-state index contributed by atoms with van der Waals surface area (Å²) in [6.07, 6.45) is 1.56. The van der Waals surface area contributed by atoms with E-state index in [4.69, 9.17) is 4.74 Å². The lowest BCUT2D eigenvalue weighted by Crippen LogP contribution is -2.34. The van der Waals surface area contributed by atoms with E-state index < -0.39 is 6.10 Å². The van der Waals surface area contributed by atoms with Gasteiger partial charge in [0.25, 0.3) is 11.8 Å². The zero-order chi connectivity index (χ0) is 24.3. The summed E-state index contributed by atoms with van der Waals surface area (Å²) in [6.45, 7) is 6.71. The number of amides is 2. The van der Waals surface area contributed by atoms with Crippen LogP contribution in [0.4, 0.5) is 5.69 Å². The van der Waals surface area contributed by atoms with Crippen LogP contribution < -0.4 is 15.4 Å². The highest BCUT2D eigenvalue weighted by atomic mass is 16.5. The van der Waals surface area contributed by atoms with Crippen LogP contribution in [0.5, 0.6) is 5.75 Å². The molecular formula is C29H34N2O3. The third-order valence-corrected chi connectivity index (χ3v) is 5.97. The first-order valence-electron chi connectivity index (χ1n) is 12.0. The van der Waals surface area contributed by atoms with Crippen molar-refractivity contribution in [1.29, 1.82) is 0 Å². The van der Waals surface area contributed by atoms with Crippen molar-refractivity contribution in [3.63, 3.8) is 0 Å². The van der Waals surface area contributed by atoms with Crippen LogP contribution in [0.15, 0.2) is 78.9 Å². The van der Waals surface area contributed by atoms with Gasteiger partial charge in [0.2, 0.25) is 0 Å². The van der Waals surface area contributed by atoms with E-state index >= 15 is 0 Å². The molecule has 2 unspecified atom stereocenters. The number of carbonyl (C=O) groups is 2. The van der Waals surface area contributed by atoms with Crippen LogP contribution in [0.1, 0.15) is 61.0 Å². The number of anilines is 1. The minimum Gasteiger partial charge on any atom is -0.480 e. The average Bonchev–Trinajstić information content (AvgIpc) is 2.87. The van der Waals surface area contributed by atoms with Gasteiger partial charge in [0.15, 0.2) is 6.10 Å². The van der Waals surface area contributed by atoms with Gasteiger partial charge in [-0.05, 0) is 54.5 Å². The predicted molar refractivity (Wildman–Crippen MR) is 137 cm³/mol. The molecule has 0 aromatic heterocycles. The Morgan fingerprint density at radius 1 is 0.853 bits per heavy atom. The molecule has 178 valence electrons. The molecule has 2 amide bonds. The normalized spacial score (nSPS) is 12.4. The molecule has 3 rings (SSSR count). The second-order valence-corrected chi connectivity index (χ2v) is 8.39. The summed E-state index contributed by atoms with van der Waals surface area (Å²) in [7, 11) is 0. The first-order valence-corrected chi connectivity index (χ1v) is 12.0. The van der Waals surface area contributed by atoms with Gasteiger partial charge in [-0.3, -0.25) is 9.59 Å². The molecule has 34 heavy (non-hydrogen) atoms. The fourth-order valence-corrected chi connectivity index (χ4v) is 3.75. The van der Waals surface area contributed by atoms with Crippen molar-refractivity contribution in [2.24, 2.45) is 0 Å². The van der Waals surface area contributed by atoms with Crippen LogP contribution in [-0.4, -0.2) is 24.5 Å². The van der Waals surface area contributed by atoms with E-state index in [9.17, 15) is 9.59 Å². The maximum absolute atomic E-state index is 13.1. The van der Waals surface area contributed by atoms with Crippen LogP contribution in [0, 0.1) is 0 Å². The van der Waals surface area contributed by atoms with Crippen molar-refractivity contribution in [2.75, 3.05) is 11.9 Å². The van der Waals surface area contributed by atoms with Crippen LogP contribution in [0.3, 0.4) is 0 Å². The smallest absolute Gasteiger partial charge is 0.265 e. The monoisotopic (exact) mass is 458 g/mol. The van der Waals surface area contributed by atoms with Crippen LogP contribution in [0.25, 0.3) is 0 Å². The lowest BCUT2D eigenvalue weighted by atomic mass is 9.98. The largest absolute Gasteiger partial charge is 0.480 e. The highest BCUT2D eigenvalue weighted by Gasteiger charge is 2.22. The number of para-hydroxylation sites is 2. The molecule has 2 atom stereocenters. The molecule has 0 radical (unpaired) electrons. The van der Waals surface area contributed by atoms with Crippen LogP contribution >= 0.6 is 0 Å². The predicted octanol–water partition coefficient (Wildman–Crippen LogP) is 5.97. The van der Waals surface area contributed by atoms with Crippen molar-refractivity contribution in [3.05, 3.63) is 95.6 Å². The summed E-state index contributed by atoms with van der Waals surface area (Å²) in [5, 5.41) is 5.86. The van der Waals surface area contributed by atoms with E-state index in [-0.39, 0.29) is 11.8 Å². The van der Waals surface area contributed by atoms with E-state index in [1.165, 1.54) is 0 Å². The summed E-state index contributed by atoms with van der Waals surface area (Å²) < 4.78 is 6.15. The van der Waals surface area contributed by atoms with Crippen LogP contribution in [-0.2, 0) is 11.2 Å². The number of ether oxygens (including phenoxy) is 1. The van der Waals surface area contributed by atoms with Gasteiger partial charge in [0.1, 0.15) is 5.75 Å². The van der Waals surface area contributed by atoms with Gasteiger partial charge in [0.05, 0.1) is 11.3 Å². The van der Waals surface area contributed by atoms with Gasteiger partial charge in [0, 0.05) is 6.54 Å². The number of carbonyl (C=O) groups excluding carboxylic acids is 2. The molecule has 0 aliphatic rings. The zero-order valence-electron chi connectivity index (χ0n) is 20.2. The molecule has 0 saturated heterocycles. The van der Waals surface area contributed by atoms with E-state index in [0.29, 0.717) is 30.1 Å². The quantitative estimate of drug-likeness (QED) is 0.372. The number of hydrogen-bond acceptors (Lipinski definition) is 3. The van der Waals surface area contributed by atoms with Gasteiger partial charge < -0.3 is 15.4 Å².